The van der Waals surface area contributed by atoms with Crippen LogP contribution in [0, 0.1) is 5.41 Å². The molecule has 3 rings (SSSR count). The minimum atomic E-state index is -1.37. The molecule has 0 atom stereocenters. The first-order valence-corrected chi connectivity index (χ1v) is 12.2. The Hall–Kier alpha value is -3.28. The number of ether oxygens (including phenoxy) is 1. The Morgan fingerprint density at radius 1 is 1.19 bits per heavy atom. The van der Waals surface area contributed by atoms with Crippen molar-refractivity contribution in [1.82, 2.24) is 19.2 Å². The molecule has 2 heterocycles. The monoisotopic (exact) mass is 516 g/mol. The minimum Gasteiger partial charge on any atom is -0.478 e. The largest absolute Gasteiger partial charge is 0.478 e. The van der Waals surface area contributed by atoms with E-state index in [1.165, 1.54) is 11.3 Å². The molecule has 0 bridgehead atoms. The van der Waals surface area contributed by atoms with Gasteiger partial charge < -0.3 is 19.8 Å². The van der Waals surface area contributed by atoms with Gasteiger partial charge in [-0.15, -0.1) is 0 Å². The fourth-order valence-corrected chi connectivity index (χ4v) is 5.11. The molecule has 0 saturated carbocycles. The van der Waals surface area contributed by atoms with Crippen LogP contribution in [0.25, 0.3) is 21.6 Å². The van der Waals surface area contributed by atoms with E-state index in [2.05, 4.69) is 4.98 Å². The number of aliphatic carboxylic acids is 2. The first kappa shape index (κ1) is 27.3. The van der Waals surface area contributed by atoms with E-state index in [4.69, 9.17) is 4.74 Å². The van der Waals surface area contributed by atoms with Crippen molar-refractivity contribution >= 4 is 50.7 Å². The van der Waals surface area contributed by atoms with Crippen LogP contribution in [-0.2, 0) is 20.9 Å². The van der Waals surface area contributed by atoms with Crippen molar-refractivity contribution in [3.63, 3.8) is 0 Å². The Kier molecular flexibility index (Phi) is 8.17. The number of rotatable bonds is 10. The Morgan fingerprint density at radius 3 is 2.47 bits per heavy atom. The van der Waals surface area contributed by atoms with E-state index < -0.39 is 11.9 Å². The summed E-state index contributed by atoms with van der Waals surface area (Å²) in [6.07, 6.45) is 2.35. The first-order valence-electron chi connectivity index (χ1n) is 11.4. The SMILES string of the molecule is COCCN(C)Cc1ccc2nc3sc(C(=O)N(C)CC(C)(C)C)cn3c2c1/C(=C/C(=O)O)C(=O)O. The van der Waals surface area contributed by atoms with Gasteiger partial charge in [0.05, 0.1) is 23.2 Å². The van der Waals surface area contributed by atoms with Crippen molar-refractivity contribution in [3.05, 3.63) is 40.4 Å². The zero-order valence-electron chi connectivity index (χ0n) is 21.4. The number of fused-ring (bicyclic) bond motifs is 3. The molecule has 1 amide bonds. The second-order valence-corrected chi connectivity index (χ2v) is 11.0. The highest BCUT2D eigenvalue weighted by Gasteiger charge is 2.26. The number of amides is 1. The number of nitrogens with zero attached hydrogens (tertiary/aromatic N) is 4. The maximum atomic E-state index is 13.1. The van der Waals surface area contributed by atoms with Crippen molar-refractivity contribution in [2.24, 2.45) is 5.41 Å². The summed E-state index contributed by atoms with van der Waals surface area (Å²) < 4.78 is 6.82. The number of carboxylic acids is 2. The Labute approximate surface area is 213 Å². The highest BCUT2D eigenvalue weighted by atomic mass is 32.1. The number of hydrogen-bond acceptors (Lipinski definition) is 7. The third-order valence-corrected chi connectivity index (χ3v) is 6.48. The molecule has 0 radical (unpaired) electrons. The van der Waals surface area contributed by atoms with E-state index in [0.29, 0.717) is 58.8 Å². The van der Waals surface area contributed by atoms with Gasteiger partial charge in [-0.2, -0.15) is 0 Å². The fraction of sp³-hybridized carbons (Fsp3) is 0.440. The van der Waals surface area contributed by atoms with Crippen LogP contribution in [0.4, 0.5) is 0 Å². The summed E-state index contributed by atoms with van der Waals surface area (Å²) in [5.74, 6) is -2.89. The summed E-state index contributed by atoms with van der Waals surface area (Å²) in [5.41, 5.74) is 1.42. The van der Waals surface area contributed by atoms with Gasteiger partial charge in [0, 0.05) is 51.6 Å². The van der Waals surface area contributed by atoms with Gasteiger partial charge in [-0.05, 0) is 24.1 Å². The fourth-order valence-electron chi connectivity index (χ4n) is 4.13. The van der Waals surface area contributed by atoms with Crippen LogP contribution >= 0.6 is 11.3 Å². The molecule has 3 aromatic rings. The lowest BCUT2D eigenvalue weighted by molar-refractivity contribution is -0.133. The molecule has 0 aliphatic heterocycles. The molecular weight excluding hydrogens is 484 g/mol. The third-order valence-electron chi connectivity index (χ3n) is 5.51. The number of carboxylic acid groups (broad SMARTS) is 2. The summed E-state index contributed by atoms with van der Waals surface area (Å²) in [6.45, 7) is 8.14. The zero-order chi connectivity index (χ0) is 26.8. The van der Waals surface area contributed by atoms with Crippen molar-refractivity contribution in [1.29, 1.82) is 0 Å². The summed E-state index contributed by atoms with van der Waals surface area (Å²) in [6, 6.07) is 3.55. The lowest BCUT2D eigenvalue weighted by atomic mass is 9.96. The smallest absolute Gasteiger partial charge is 0.336 e. The maximum Gasteiger partial charge on any atom is 0.336 e. The Bertz CT molecular complexity index is 1330. The van der Waals surface area contributed by atoms with E-state index in [0.717, 1.165) is 0 Å². The number of aromatic nitrogens is 2. The van der Waals surface area contributed by atoms with Crippen LogP contribution in [0.5, 0.6) is 0 Å². The van der Waals surface area contributed by atoms with Crippen molar-refractivity contribution in [3.8, 4) is 0 Å². The van der Waals surface area contributed by atoms with Crippen LogP contribution < -0.4 is 0 Å². The predicted molar refractivity (Wildman–Crippen MR) is 138 cm³/mol. The first-order chi connectivity index (χ1) is 16.8. The van der Waals surface area contributed by atoms with Crippen LogP contribution in [0.1, 0.15) is 41.6 Å². The summed E-state index contributed by atoms with van der Waals surface area (Å²) in [5, 5.41) is 19.4. The number of methoxy groups -OCH3 is 1. The molecular formula is C25H32N4O6S. The van der Waals surface area contributed by atoms with Gasteiger partial charge in [0.25, 0.3) is 5.91 Å². The molecule has 0 spiro atoms. The maximum absolute atomic E-state index is 13.1. The number of carbonyl (C=O) groups is 3. The highest BCUT2D eigenvalue weighted by molar-refractivity contribution is 7.19. The van der Waals surface area contributed by atoms with Crippen LogP contribution in [0.3, 0.4) is 0 Å². The van der Waals surface area contributed by atoms with Crippen molar-refractivity contribution in [2.45, 2.75) is 27.3 Å². The van der Waals surface area contributed by atoms with Gasteiger partial charge in [-0.3, -0.25) is 14.1 Å². The van der Waals surface area contributed by atoms with E-state index >= 15 is 0 Å². The molecule has 11 heteroatoms. The van der Waals surface area contributed by atoms with Crippen molar-refractivity contribution < 1.29 is 29.3 Å². The van der Waals surface area contributed by atoms with Crippen LogP contribution in [-0.4, -0.2) is 88.1 Å². The quantitative estimate of drug-likeness (QED) is 0.393. The van der Waals surface area contributed by atoms with Gasteiger partial charge in [0.15, 0.2) is 4.96 Å². The minimum absolute atomic E-state index is 0.0799. The zero-order valence-corrected chi connectivity index (χ0v) is 22.2. The number of hydrogen-bond donors (Lipinski definition) is 2. The molecule has 2 N–H and O–H groups in total. The molecule has 10 nitrogen and oxygen atoms in total. The van der Waals surface area contributed by atoms with Gasteiger partial charge in [-0.25, -0.2) is 14.6 Å². The molecule has 0 aliphatic rings. The Morgan fingerprint density at radius 2 is 1.89 bits per heavy atom. The lowest BCUT2D eigenvalue weighted by Gasteiger charge is -2.26. The number of thiazole rings is 1. The van der Waals surface area contributed by atoms with Crippen LogP contribution in [0.15, 0.2) is 24.4 Å². The predicted octanol–water partition coefficient (Wildman–Crippen LogP) is 3.30. The Balaban J connectivity index is 2.22. The molecule has 0 fully saturated rings. The average molecular weight is 517 g/mol. The van der Waals surface area contributed by atoms with Gasteiger partial charge in [-0.1, -0.05) is 38.2 Å². The van der Waals surface area contributed by atoms with E-state index in [1.807, 2.05) is 32.7 Å². The standard InChI is InChI=1S/C25H32N4O6S/c1-25(2,3)14-28(5)22(32)18-13-29-21-17(26-24(29)36-18)8-7-15(12-27(4)9-10-35-6)20(21)16(23(33)34)11-19(30)31/h7-8,11,13H,9-10,12,14H2,1-6H3,(H,30,31)(H,33,34)/b16-11-. The number of benzene rings is 1. The van der Waals surface area contributed by atoms with Crippen LogP contribution in [0.2, 0.25) is 0 Å². The molecule has 2 aromatic heterocycles. The summed E-state index contributed by atoms with van der Waals surface area (Å²) >= 11 is 1.21. The number of imidazole rings is 1. The highest BCUT2D eigenvalue weighted by Crippen LogP contribution is 2.33. The van der Waals surface area contributed by atoms with E-state index in [9.17, 15) is 24.6 Å². The van der Waals surface area contributed by atoms with E-state index in [1.54, 1.807) is 41.8 Å². The molecule has 0 saturated heterocycles. The van der Waals surface area contributed by atoms with Gasteiger partial charge in [0.1, 0.15) is 4.88 Å². The second-order valence-electron chi connectivity index (χ2n) is 9.98. The number of likely N-dealkylation sites (N-methyl/N-ethyl adjacent to an activating group) is 1. The molecule has 0 unspecified atom stereocenters. The summed E-state index contributed by atoms with van der Waals surface area (Å²) in [4.78, 5) is 46.1. The van der Waals surface area contributed by atoms with E-state index in [-0.39, 0.29) is 22.5 Å². The molecule has 0 aliphatic carbocycles. The summed E-state index contributed by atoms with van der Waals surface area (Å²) in [7, 11) is 5.21. The average Bonchev–Trinajstić information content (AvgIpc) is 3.32. The van der Waals surface area contributed by atoms with Gasteiger partial charge in [0.2, 0.25) is 0 Å². The topological polar surface area (TPSA) is 125 Å². The normalized spacial score (nSPS) is 12.6. The molecule has 194 valence electrons. The third kappa shape index (κ3) is 6.10. The second kappa shape index (κ2) is 10.8. The van der Waals surface area contributed by atoms with Crippen molar-refractivity contribution in [2.75, 3.05) is 40.9 Å². The molecule has 36 heavy (non-hydrogen) atoms. The lowest BCUT2D eigenvalue weighted by Crippen LogP contribution is -2.34. The molecule has 1 aromatic carbocycles. The number of carbonyl (C=O) groups excluding carboxylic acids is 1. The van der Waals surface area contributed by atoms with Gasteiger partial charge >= 0.3 is 11.9 Å².